The predicted molar refractivity (Wildman–Crippen MR) is 93.2 cm³/mol. The summed E-state index contributed by atoms with van der Waals surface area (Å²) in [5, 5.41) is 5.40. The van der Waals surface area contributed by atoms with Crippen LogP contribution in [-0.2, 0) is 10.0 Å². The topological polar surface area (TPSA) is 87.7 Å². The average molecular weight is 347 g/mol. The Morgan fingerprint density at radius 2 is 1.79 bits per heavy atom. The van der Waals surface area contributed by atoms with E-state index in [9.17, 15) is 13.2 Å². The highest BCUT2D eigenvalue weighted by Crippen LogP contribution is 2.35. The molecule has 1 aliphatic heterocycles. The summed E-state index contributed by atoms with van der Waals surface area (Å²) in [6.07, 6.45) is 1.15. The molecule has 0 aliphatic carbocycles. The van der Waals surface area contributed by atoms with E-state index in [1.165, 1.54) is 4.31 Å². The van der Waals surface area contributed by atoms with Crippen LogP contribution in [0.4, 0.5) is 21.9 Å². The molecule has 24 heavy (non-hydrogen) atoms. The summed E-state index contributed by atoms with van der Waals surface area (Å²) in [4.78, 5) is 12.0. The van der Waals surface area contributed by atoms with Gasteiger partial charge in [-0.25, -0.2) is 13.2 Å². The molecule has 2 aromatic rings. The second-order valence-electron chi connectivity index (χ2n) is 5.31. The number of benzene rings is 2. The number of rotatable bonds is 3. The van der Waals surface area contributed by atoms with Crippen molar-refractivity contribution in [2.24, 2.45) is 0 Å². The third kappa shape index (κ3) is 3.60. The molecule has 8 heteroatoms. The Bertz CT molecular complexity index is 853. The van der Waals surface area contributed by atoms with Crippen LogP contribution in [0.25, 0.3) is 0 Å². The fraction of sp³-hybridized carbons (Fsp3) is 0.188. The van der Waals surface area contributed by atoms with Gasteiger partial charge in [0.05, 0.1) is 18.5 Å². The van der Waals surface area contributed by atoms with E-state index in [4.69, 9.17) is 4.74 Å². The minimum atomic E-state index is -3.36. The lowest BCUT2D eigenvalue weighted by molar-refractivity contribution is 0.262. The number of amides is 2. The molecule has 0 radical (unpaired) electrons. The molecule has 1 aliphatic rings. The van der Waals surface area contributed by atoms with Gasteiger partial charge in [-0.15, -0.1) is 0 Å². The molecule has 2 amide bonds. The zero-order valence-corrected chi connectivity index (χ0v) is 13.8. The Kier molecular flexibility index (Phi) is 4.30. The zero-order chi connectivity index (χ0) is 17.2. The first-order valence-electron chi connectivity index (χ1n) is 7.31. The van der Waals surface area contributed by atoms with Crippen molar-refractivity contribution in [3.05, 3.63) is 48.5 Å². The summed E-state index contributed by atoms with van der Waals surface area (Å²) in [6.45, 7) is 0.535. The molecule has 0 saturated carbocycles. The van der Waals surface area contributed by atoms with Crippen molar-refractivity contribution in [2.75, 3.05) is 34.3 Å². The van der Waals surface area contributed by atoms with E-state index in [2.05, 4.69) is 10.6 Å². The van der Waals surface area contributed by atoms with E-state index in [1.54, 1.807) is 30.3 Å². The Morgan fingerprint density at radius 3 is 2.50 bits per heavy atom. The van der Waals surface area contributed by atoms with Crippen LogP contribution in [0.2, 0.25) is 0 Å². The number of carbonyl (C=O) groups excluding carboxylic acids is 1. The minimum Gasteiger partial charge on any atom is -0.489 e. The molecule has 0 aromatic heterocycles. The number of fused-ring (bicyclic) bond motifs is 1. The van der Waals surface area contributed by atoms with E-state index in [1.807, 2.05) is 18.2 Å². The van der Waals surface area contributed by atoms with Crippen molar-refractivity contribution >= 4 is 33.1 Å². The maximum Gasteiger partial charge on any atom is 0.323 e. The number of sulfonamides is 1. The van der Waals surface area contributed by atoms with Crippen LogP contribution < -0.4 is 19.7 Å². The van der Waals surface area contributed by atoms with E-state index in [-0.39, 0.29) is 13.2 Å². The molecule has 0 unspecified atom stereocenters. The standard InChI is InChI=1S/C16H17N3O4S/c1-24(21,22)19-9-10-23-15-11-13(7-8-14(15)19)18-16(20)17-12-5-3-2-4-6-12/h2-8,11H,9-10H2,1H3,(H2,17,18,20). The summed E-state index contributed by atoms with van der Waals surface area (Å²) < 4.78 is 30.4. The lowest BCUT2D eigenvalue weighted by Crippen LogP contribution is -2.37. The van der Waals surface area contributed by atoms with Crippen LogP contribution in [-0.4, -0.2) is 33.9 Å². The van der Waals surface area contributed by atoms with Crippen molar-refractivity contribution in [2.45, 2.75) is 0 Å². The van der Waals surface area contributed by atoms with Gasteiger partial charge in [-0.05, 0) is 24.3 Å². The lowest BCUT2D eigenvalue weighted by Gasteiger charge is -2.29. The largest absolute Gasteiger partial charge is 0.489 e. The Labute approximate surface area is 140 Å². The molecule has 1 heterocycles. The van der Waals surface area contributed by atoms with Crippen molar-refractivity contribution in [1.29, 1.82) is 0 Å². The number of anilines is 3. The molecule has 0 bridgehead atoms. The van der Waals surface area contributed by atoms with Crippen LogP contribution >= 0.6 is 0 Å². The molecular formula is C16H17N3O4S. The van der Waals surface area contributed by atoms with Gasteiger partial charge in [-0.2, -0.15) is 0 Å². The molecule has 126 valence electrons. The SMILES string of the molecule is CS(=O)(=O)N1CCOc2cc(NC(=O)Nc3ccccc3)ccc21. The van der Waals surface area contributed by atoms with Gasteiger partial charge in [0, 0.05) is 17.4 Å². The zero-order valence-electron chi connectivity index (χ0n) is 13.0. The van der Waals surface area contributed by atoms with Crippen LogP contribution in [0.1, 0.15) is 0 Å². The first-order valence-corrected chi connectivity index (χ1v) is 9.16. The molecule has 0 saturated heterocycles. The van der Waals surface area contributed by atoms with Crippen LogP contribution in [0.3, 0.4) is 0 Å². The fourth-order valence-electron chi connectivity index (χ4n) is 2.43. The number of para-hydroxylation sites is 1. The van der Waals surface area contributed by atoms with Gasteiger partial charge in [-0.3, -0.25) is 4.31 Å². The first kappa shape index (κ1) is 16.1. The van der Waals surface area contributed by atoms with E-state index < -0.39 is 16.1 Å². The van der Waals surface area contributed by atoms with Gasteiger partial charge in [0.25, 0.3) is 0 Å². The summed E-state index contributed by atoms with van der Waals surface area (Å²) in [6, 6.07) is 13.5. The molecule has 7 nitrogen and oxygen atoms in total. The predicted octanol–water partition coefficient (Wildman–Crippen LogP) is 2.49. The quantitative estimate of drug-likeness (QED) is 0.893. The highest BCUT2D eigenvalue weighted by molar-refractivity contribution is 7.92. The summed E-state index contributed by atoms with van der Waals surface area (Å²) in [5.41, 5.74) is 1.66. The van der Waals surface area contributed by atoms with Crippen LogP contribution in [0.15, 0.2) is 48.5 Å². The maximum absolute atomic E-state index is 12.0. The second-order valence-corrected chi connectivity index (χ2v) is 7.22. The van der Waals surface area contributed by atoms with E-state index in [0.717, 1.165) is 6.26 Å². The number of nitrogens with zero attached hydrogens (tertiary/aromatic N) is 1. The highest BCUT2D eigenvalue weighted by atomic mass is 32.2. The normalized spacial score (nSPS) is 13.6. The van der Waals surface area contributed by atoms with Gasteiger partial charge in [0.1, 0.15) is 12.4 Å². The van der Waals surface area contributed by atoms with Crippen LogP contribution in [0, 0.1) is 0 Å². The van der Waals surface area contributed by atoms with Gasteiger partial charge in [0.2, 0.25) is 10.0 Å². The number of hydrogen-bond acceptors (Lipinski definition) is 4. The minimum absolute atomic E-state index is 0.264. The molecule has 2 N–H and O–H groups in total. The van der Waals surface area contributed by atoms with Gasteiger partial charge < -0.3 is 15.4 Å². The molecule has 2 aromatic carbocycles. The molecule has 3 rings (SSSR count). The molecular weight excluding hydrogens is 330 g/mol. The number of urea groups is 1. The highest BCUT2D eigenvalue weighted by Gasteiger charge is 2.25. The van der Waals surface area contributed by atoms with Crippen molar-refractivity contribution < 1.29 is 17.9 Å². The van der Waals surface area contributed by atoms with Crippen LogP contribution in [0.5, 0.6) is 5.75 Å². The molecule has 0 spiro atoms. The van der Waals surface area contributed by atoms with E-state index >= 15 is 0 Å². The van der Waals surface area contributed by atoms with Crippen molar-refractivity contribution in [1.82, 2.24) is 0 Å². The molecule has 0 fully saturated rings. The summed E-state index contributed by atoms with van der Waals surface area (Å²) >= 11 is 0. The van der Waals surface area contributed by atoms with Gasteiger partial charge in [-0.1, -0.05) is 18.2 Å². The monoisotopic (exact) mass is 347 g/mol. The number of hydrogen-bond donors (Lipinski definition) is 2. The third-order valence-corrected chi connectivity index (χ3v) is 4.65. The third-order valence-electron chi connectivity index (χ3n) is 3.47. The first-order chi connectivity index (χ1) is 11.4. The van der Waals surface area contributed by atoms with E-state index in [0.29, 0.717) is 22.8 Å². The second kappa shape index (κ2) is 6.40. The lowest BCUT2D eigenvalue weighted by atomic mass is 10.2. The fourth-order valence-corrected chi connectivity index (χ4v) is 3.35. The molecule has 0 atom stereocenters. The Balaban J connectivity index is 1.76. The Hall–Kier alpha value is -2.74. The van der Waals surface area contributed by atoms with Crippen molar-refractivity contribution in [3.63, 3.8) is 0 Å². The number of ether oxygens (including phenoxy) is 1. The van der Waals surface area contributed by atoms with Crippen molar-refractivity contribution in [3.8, 4) is 5.75 Å². The maximum atomic E-state index is 12.0. The smallest absolute Gasteiger partial charge is 0.323 e. The average Bonchev–Trinajstić information content (AvgIpc) is 2.54. The van der Waals surface area contributed by atoms with Gasteiger partial charge in [0.15, 0.2) is 0 Å². The number of nitrogens with one attached hydrogen (secondary N) is 2. The van der Waals surface area contributed by atoms with Gasteiger partial charge >= 0.3 is 6.03 Å². The summed E-state index contributed by atoms with van der Waals surface area (Å²) in [5.74, 6) is 0.421. The summed E-state index contributed by atoms with van der Waals surface area (Å²) in [7, 11) is -3.36. The Morgan fingerprint density at radius 1 is 1.08 bits per heavy atom. The number of carbonyl (C=O) groups is 1.